The van der Waals surface area contributed by atoms with Gasteiger partial charge in [0.2, 0.25) is 0 Å². The van der Waals surface area contributed by atoms with Gasteiger partial charge in [0.15, 0.2) is 0 Å². The molecule has 2 aromatic rings. The van der Waals surface area contributed by atoms with Crippen molar-refractivity contribution in [1.82, 2.24) is 10.2 Å². The summed E-state index contributed by atoms with van der Waals surface area (Å²) < 4.78 is 0. The Kier molecular flexibility index (Phi) is 6.73. The smallest absolute Gasteiger partial charge is 0.0113 e. The molecule has 0 aromatic carbocycles. The number of nitrogens with one attached hydrogen (secondary N) is 1. The summed E-state index contributed by atoms with van der Waals surface area (Å²) in [5.74, 6) is 0. The quantitative estimate of drug-likeness (QED) is 0.713. The van der Waals surface area contributed by atoms with E-state index in [0.717, 1.165) is 32.5 Å². The highest BCUT2D eigenvalue weighted by molar-refractivity contribution is 7.09. The maximum absolute atomic E-state index is 3.53. The largest absolute Gasteiger partial charge is 0.315 e. The fourth-order valence-corrected chi connectivity index (χ4v) is 3.67. The predicted molar refractivity (Wildman–Crippen MR) is 91.0 cm³/mol. The molecule has 110 valence electrons. The van der Waals surface area contributed by atoms with Crippen molar-refractivity contribution in [2.45, 2.75) is 25.8 Å². The topological polar surface area (TPSA) is 15.3 Å². The average molecular weight is 309 g/mol. The number of hydrogen-bond acceptors (Lipinski definition) is 4. The third-order valence-corrected chi connectivity index (χ3v) is 5.27. The van der Waals surface area contributed by atoms with E-state index in [-0.39, 0.29) is 0 Å². The molecule has 4 heteroatoms. The Hall–Kier alpha value is -0.680. The molecule has 0 radical (unpaired) electrons. The summed E-state index contributed by atoms with van der Waals surface area (Å²) in [4.78, 5) is 3.92. The second kappa shape index (κ2) is 8.57. The lowest BCUT2D eigenvalue weighted by Crippen LogP contribution is -2.36. The second-order valence-corrected chi connectivity index (χ2v) is 7.06. The summed E-state index contributed by atoms with van der Waals surface area (Å²) in [6, 6.07) is 7.18. The van der Waals surface area contributed by atoms with Crippen LogP contribution in [0.15, 0.2) is 34.3 Å². The Morgan fingerprint density at radius 1 is 1.25 bits per heavy atom. The first-order valence-corrected chi connectivity index (χ1v) is 9.02. The molecule has 0 aliphatic carbocycles. The highest BCUT2D eigenvalue weighted by Crippen LogP contribution is 2.13. The molecule has 2 nitrogen and oxygen atoms in total. The molecule has 20 heavy (non-hydrogen) atoms. The normalized spacial score (nSPS) is 12.9. The molecule has 0 fully saturated rings. The molecule has 2 aromatic heterocycles. The SMILES string of the molecule is CC(Cc1cccs1)N(C)CCNCCc1ccsc1. The number of nitrogens with zero attached hydrogens (tertiary/aromatic N) is 1. The zero-order valence-electron chi connectivity index (χ0n) is 12.3. The molecule has 2 heterocycles. The Bertz CT molecular complexity index is 451. The monoisotopic (exact) mass is 308 g/mol. The third-order valence-electron chi connectivity index (χ3n) is 3.64. The first-order chi connectivity index (χ1) is 9.75. The lowest BCUT2D eigenvalue weighted by Gasteiger charge is -2.24. The van der Waals surface area contributed by atoms with E-state index >= 15 is 0 Å². The summed E-state index contributed by atoms with van der Waals surface area (Å²) in [7, 11) is 2.22. The van der Waals surface area contributed by atoms with Gasteiger partial charge < -0.3 is 10.2 Å². The highest BCUT2D eigenvalue weighted by Gasteiger charge is 2.09. The van der Waals surface area contributed by atoms with Crippen molar-refractivity contribution >= 4 is 22.7 Å². The van der Waals surface area contributed by atoms with Crippen LogP contribution in [0.5, 0.6) is 0 Å². The number of rotatable bonds is 9. The molecule has 0 amide bonds. The van der Waals surface area contributed by atoms with Crippen LogP contribution in [-0.2, 0) is 12.8 Å². The fraction of sp³-hybridized carbons (Fsp3) is 0.500. The Labute approximate surface area is 130 Å². The van der Waals surface area contributed by atoms with Gasteiger partial charge in [0.05, 0.1) is 0 Å². The summed E-state index contributed by atoms with van der Waals surface area (Å²) in [5, 5.41) is 10.1. The number of thiophene rings is 2. The van der Waals surface area contributed by atoms with Crippen LogP contribution in [0.4, 0.5) is 0 Å². The van der Waals surface area contributed by atoms with Gasteiger partial charge in [-0.1, -0.05) is 6.07 Å². The van der Waals surface area contributed by atoms with Crippen LogP contribution in [-0.4, -0.2) is 37.6 Å². The van der Waals surface area contributed by atoms with E-state index in [1.165, 1.54) is 10.4 Å². The van der Waals surface area contributed by atoms with Gasteiger partial charge >= 0.3 is 0 Å². The van der Waals surface area contributed by atoms with E-state index in [1.807, 2.05) is 11.3 Å². The van der Waals surface area contributed by atoms with Gasteiger partial charge in [-0.3, -0.25) is 0 Å². The molecule has 0 saturated heterocycles. The molecule has 0 aliphatic heterocycles. The molecule has 2 rings (SSSR count). The van der Waals surface area contributed by atoms with E-state index in [1.54, 1.807) is 11.3 Å². The zero-order chi connectivity index (χ0) is 14.2. The van der Waals surface area contributed by atoms with Gasteiger partial charge in [0.25, 0.3) is 0 Å². The van der Waals surface area contributed by atoms with Crippen molar-refractivity contribution in [3.8, 4) is 0 Å². The van der Waals surface area contributed by atoms with E-state index in [2.05, 4.69) is 58.5 Å². The number of likely N-dealkylation sites (N-methyl/N-ethyl adjacent to an activating group) is 1. The van der Waals surface area contributed by atoms with Gasteiger partial charge in [0.1, 0.15) is 0 Å². The highest BCUT2D eigenvalue weighted by atomic mass is 32.1. The minimum atomic E-state index is 0.604. The molecule has 1 atom stereocenters. The lowest BCUT2D eigenvalue weighted by molar-refractivity contribution is 0.257. The Balaban J connectivity index is 1.56. The predicted octanol–water partition coefficient (Wildman–Crippen LogP) is 3.50. The third kappa shape index (κ3) is 5.37. The molecular formula is C16H24N2S2. The van der Waals surface area contributed by atoms with E-state index < -0.39 is 0 Å². The van der Waals surface area contributed by atoms with E-state index in [0.29, 0.717) is 6.04 Å². The minimum absolute atomic E-state index is 0.604. The van der Waals surface area contributed by atoms with Crippen LogP contribution in [0.3, 0.4) is 0 Å². The van der Waals surface area contributed by atoms with E-state index in [4.69, 9.17) is 0 Å². The van der Waals surface area contributed by atoms with Crippen LogP contribution in [0, 0.1) is 0 Å². The van der Waals surface area contributed by atoms with Gasteiger partial charge in [0, 0.05) is 24.0 Å². The molecule has 1 N–H and O–H groups in total. The zero-order valence-corrected chi connectivity index (χ0v) is 14.0. The molecular weight excluding hydrogens is 284 g/mol. The summed E-state index contributed by atoms with van der Waals surface area (Å²) in [6.07, 6.45) is 2.29. The van der Waals surface area contributed by atoms with Gasteiger partial charge in [-0.15, -0.1) is 11.3 Å². The van der Waals surface area contributed by atoms with Crippen molar-refractivity contribution in [3.63, 3.8) is 0 Å². The molecule has 0 bridgehead atoms. The van der Waals surface area contributed by atoms with Crippen LogP contribution in [0.25, 0.3) is 0 Å². The molecule has 1 unspecified atom stereocenters. The molecule has 0 saturated carbocycles. The summed E-state index contributed by atoms with van der Waals surface area (Å²) >= 11 is 3.64. The Morgan fingerprint density at radius 3 is 2.85 bits per heavy atom. The van der Waals surface area contributed by atoms with Crippen LogP contribution in [0.1, 0.15) is 17.4 Å². The maximum Gasteiger partial charge on any atom is 0.0113 e. The average Bonchev–Trinajstić information content (AvgIpc) is 3.11. The summed E-state index contributed by atoms with van der Waals surface area (Å²) in [6.45, 7) is 5.56. The fourth-order valence-electron chi connectivity index (χ4n) is 2.14. The standard InChI is InChI=1S/C16H24N2S2/c1-14(12-16-4-3-10-20-16)18(2)9-8-17-7-5-15-6-11-19-13-15/h3-4,6,10-11,13-14,17H,5,7-9,12H2,1-2H3. The van der Waals surface area contributed by atoms with Crippen molar-refractivity contribution in [2.24, 2.45) is 0 Å². The van der Waals surface area contributed by atoms with Gasteiger partial charge in [-0.2, -0.15) is 11.3 Å². The van der Waals surface area contributed by atoms with Crippen LogP contribution >= 0.6 is 22.7 Å². The minimum Gasteiger partial charge on any atom is -0.315 e. The molecule has 0 spiro atoms. The Morgan fingerprint density at radius 2 is 2.15 bits per heavy atom. The van der Waals surface area contributed by atoms with Crippen molar-refractivity contribution in [3.05, 3.63) is 44.8 Å². The number of hydrogen-bond donors (Lipinski definition) is 1. The summed E-state index contributed by atoms with van der Waals surface area (Å²) in [5.41, 5.74) is 1.45. The maximum atomic E-state index is 3.53. The van der Waals surface area contributed by atoms with Crippen LogP contribution in [0.2, 0.25) is 0 Å². The molecule has 0 aliphatic rings. The lowest BCUT2D eigenvalue weighted by atomic mass is 10.2. The van der Waals surface area contributed by atoms with Crippen molar-refractivity contribution in [1.29, 1.82) is 0 Å². The van der Waals surface area contributed by atoms with Crippen molar-refractivity contribution < 1.29 is 0 Å². The first-order valence-electron chi connectivity index (χ1n) is 7.20. The van der Waals surface area contributed by atoms with E-state index in [9.17, 15) is 0 Å². The van der Waals surface area contributed by atoms with Crippen LogP contribution < -0.4 is 5.32 Å². The van der Waals surface area contributed by atoms with Gasteiger partial charge in [-0.25, -0.2) is 0 Å². The second-order valence-electron chi connectivity index (χ2n) is 5.24. The first kappa shape index (κ1) is 15.7. The van der Waals surface area contributed by atoms with Gasteiger partial charge in [-0.05, 0) is 67.2 Å². The van der Waals surface area contributed by atoms with Crippen molar-refractivity contribution in [2.75, 3.05) is 26.7 Å².